The third-order valence-corrected chi connectivity index (χ3v) is 5.28. The van der Waals surface area contributed by atoms with Crippen molar-refractivity contribution in [1.82, 2.24) is 15.4 Å². The summed E-state index contributed by atoms with van der Waals surface area (Å²) < 4.78 is 53.9. The number of halogens is 3. The summed E-state index contributed by atoms with van der Waals surface area (Å²) in [4.78, 5) is 4.39. The molecular weight excluding hydrogens is 513 g/mol. The minimum atomic E-state index is -3.59. The maximum Gasteiger partial charge on any atom is 0.240 e. The number of aliphatic imine (C=N–C) groups is 1. The molecule has 6 nitrogen and oxygen atoms in total. The Morgan fingerprint density at radius 2 is 1.72 bits per heavy atom. The molecule has 0 aliphatic carbocycles. The maximum absolute atomic E-state index is 13.7. The number of hydrogen-bond donors (Lipinski definition) is 3. The number of hydrogen-bond acceptors (Lipinski definition) is 3. The highest BCUT2D eigenvalue weighted by atomic mass is 127. The van der Waals surface area contributed by atoms with Crippen molar-refractivity contribution in [1.29, 1.82) is 0 Å². The van der Waals surface area contributed by atoms with Gasteiger partial charge >= 0.3 is 0 Å². The second kappa shape index (κ2) is 12.0. The molecule has 0 heterocycles. The molecule has 0 amide bonds. The Hall–Kier alpha value is -1.79. The molecule has 3 N–H and O–H groups in total. The summed E-state index contributed by atoms with van der Waals surface area (Å²) in [5.41, 5.74) is 1.11. The molecule has 29 heavy (non-hydrogen) atoms. The van der Waals surface area contributed by atoms with Crippen LogP contribution in [0.15, 0.2) is 52.4 Å². The van der Waals surface area contributed by atoms with Crippen molar-refractivity contribution in [2.75, 3.05) is 19.6 Å². The normalized spacial score (nSPS) is 11.7. The van der Waals surface area contributed by atoms with E-state index in [1.165, 1.54) is 0 Å². The fourth-order valence-corrected chi connectivity index (χ4v) is 3.37. The summed E-state index contributed by atoms with van der Waals surface area (Å²) in [7, 11) is -3.59. The summed E-state index contributed by atoms with van der Waals surface area (Å²) in [6.07, 6.45) is 0. The van der Waals surface area contributed by atoms with Gasteiger partial charge in [-0.15, -0.1) is 24.0 Å². The molecule has 0 bridgehead atoms. The van der Waals surface area contributed by atoms with Gasteiger partial charge in [0.05, 0.1) is 11.4 Å². The molecule has 2 aromatic rings. The lowest BCUT2D eigenvalue weighted by Gasteiger charge is -2.12. The first-order chi connectivity index (χ1) is 13.3. The minimum absolute atomic E-state index is 0. The first kappa shape index (κ1) is 25.2. The van der Waals surface area contributed by atoms with Crippen LogP contribution >= 0.6 is 24.0 Å². The van der Waals surface area contributed by atoms with Crippen LogP contribution in [-0.4, -0.2) is 34.0 Å². The lowest BCUT2D eigenvalue weighted by molar-refractivity contribution is 0.580. The van der Waals surface area contributed by atoms with Crippen molar-refractivity contribution < 1.29 is 17.2 Å². The van der Waals surface area contributed by atoms with Gasteiger partial charge in [0.2, 0.25) is 10.0 Å². The van der Waals surface area contributed by atoms with Crippen molar-refractivity contribution in [3.63, 3.8) is 0 Å². The zero-order valence-corrected chi connectivity index (χ0v) is 19.4. The van der Waals surface area contributed by atoms with E-state index in [9.17, 15) is 17.2 Å². The minimum Gasteiger partial charge on any atom is -0.357 e. The van der Waals surface area contributed by atoms with Gasteiger partial charge in [-0.2, -0.15) is 0 Å². The van der Waals surface area contributed by atoms with E-state index in [0.717, 1.165) is 23.8 Å². The van der Waals surface area contributed by atoms with Gasteiger partial charge in [0.25, 0.3) is 0 Å². The van der Waals surface area contributed by atoms with Gasteiger partial charge in [-0.25, -0.2) is 26.9 Å². The van der Waals surface area contributed by atoms with E-state index in [2.05, 4.69) is 20.3 Å². The Balaban J connectivity index is 0.00000420. The molecule has 0 fully saturated rings. The number of nitrogens with one attached hydrogen (secondary N) is 3. The molecular formula is C19H25F2IN4O2S. The number of sulfonamides is 1. The number of aryl methyl sites for hydroxylation is 1. The smallest absolute Gasteiger partial charge is 0.240 e. The van der Waals surface area contributed by atoms with E-state index in [-0.39, 0.29) is 54.1 Å². The Morgan fingerprint density at radius 3 is 2.38 bits per heavy atom. The van der Waals surface area contributed by atoms with E-state index in [0.29, 0.717) is 12.5 Å². The average molecular weight is 538 g/mol. The summed E-state index contributed by atoms with van der Waals surface area (Å²) in [5, 5.41) is 5.92. The molecule has 0 aliphatic heterocycles. The van der Waals surface area contributed by atoms with Crippen LogP contribution in [0, 0.1) is 18.6 Å². The van der Waals surface area contributed by atoms with E-state index >= 15 is 0 Å². The zero-order chi connectivity index (χ0) is 20.6. The van der Waals surface area contributed by atoms with Crippen LogP contribution < -0.4 is 15.4 Å². The second-order valence-corrected chi connectivity index (χ2v) is 7.84. The summed E-state index contributed by atoms with van der Waals surface area (Å²) in [6, 6.07) is 9.75. The highest BCUT2D eigenvalue weighted by molar-refractivity contribution is 14.0. The predicted molar refractivity (Wildman–Crippen MR) is 121 cm³/mol. The Labute approximate surface area is 187 Å². The van der Waals surface area contributed by atoms with E-state index in [4.69, 9.17) is 0 Å². The van der Waals surface area contributed by atoms with Gasteiger partial charge in [-0.05, 0) is 44.2 Å². The largest absolute Gasteiger partial charge is 0.357 e. The van der Waals surface area contributed by atoms with Crippen molar-refractivity contribution >= 4 is 40.0 Å². The molecule has 0 saturated carbocycles. The quantitative estimate of drug-likeness (QED) is 0.209. The molecule has 0 radical (unpaired) electrons. The van der Waals surface area contributed by atoms with E-state index < -0.39 is 21.7 Å². The number of nitrogens with zero attached hydrogens (tertiary/aromatic N) is 1. The predicted octanol–water partition coefficient (Wildman–Crippen LogP) is 2.92. The van der Waals surface area contributed by atoms with Crippen LogP contribution in [-0.2, 0) is 16.6 Å². The van der Waals surface area contributed by atoms with Crippen molar-refractivity contribution in [2.24, 2.45) is 4.99 Å². The van der Waals surface area contributed by atoms with Crippen molar-refractivity contribution in [3.05, 3.63) is 65.2 Å². The molecule has 10 heteroatoms. The molecule has 0 unspecified atom stereocenters. The van der Waals surface area contributed by atoms with Gasteiger partial charge < -0.3 is 10.6 Å². The Bertz CT molecular complexity index is 922. The first-order valence-corrected chi connectivity index (χ1v) is 10.3. The Kier molecular flexibility index (Phi) is 10.5. The third-order valence-electron chi connectivity index (χ3n) is 3.80. The van der Waals surface area contributed by atoms with Crippen molar-refractivity contribution in [3.8, 4) is 0 Å². The fraction of sp³-hybridized carbons (Fsp3) is 0.316. The number of guanidine groups is 1. The standard InChI is InChI=1S/C19H24F2N4O2S.HI/c1-3-22-19(24-13-15-12-16(20)6-9-18(15)21)23-10-11-25-28(26,27)17-7-4-14(2)5-8-17;/h4-9,12,25H,3,10-11,13H2,1-2H3,(H2,22,23,24);1H. The van der Waals surface area contributed by atoms with Crippen LogP contribution in [0.25, 0.3) is 0 Å². The molecule has 0 saturated heterocycles. The van der Waals surface area contributed by atoms with E-state index in [1.54, 1.807) is 24.3 Å². The molecule has 0 spiro atoms. The first-order valence-electron chi connectivity index (χ1n) is 8.84. The van der Waals surface area contributed by atoms with Gasteiger partial charge in [-0.1, -0.05) is 17.7 Å². The van der Waals surface area contributed by atoms with Gasteiger partial charge in [0.15, 0.2) is 5.96 Å². The topological polar surface area (TPSA) is 82.6 Å². The number of benzene rings is 2. The number of rotatable bonds is 8. The van der Waals surface area contributed by atoms with Crippen LogP contribution in [0.4, 0.5) is 8.78 Å². The average Bonchev–Trinajstić information content (AvgIpc) is 2.66. The summed E-state index contributed by atoms with van der Waals surface area (Å²) in [5.74, 6) is -0.692. The molecule has 160 valence electrons. The fourth-order valence-electron chi connectivity index (χ4n) is 2.34. The third kappa shape index (κ3) is 8.23. The molecule has 0 aromatic heterocycles. The van der Waals surface area contributed by atoms with Gasteiger partial charge in [0, 0.05) is 25.2 Å². The van der Waals surface area contributed by atoms with Crippen LogP contribution in [0.5, 0.6) is 0 Å². The zero-order valence-electron chi connectivity index (χ0n) is 16.2. The molecule has 2 aromatic carbocycles. The van der Waals surface area contributed by atoms with Crippen LogP contribution in [0.1, 0.15) is 18.1 Å². The van der Waals surface area contributed by atoms with Crippen molar-refractivity contribution in [2.45, 2.75) is 25.3 Å². The highest BCUT2D eigenvalue weighted by Gasteiger charge is 2.12. The molecule has 0 aliphatic rings. The Morgan fingerprint density at radius 1 is 1.03 bits per heavy atom. The second-order valence-electron chi connectivity index (χ2n) is 6.07. The van der Waals surface area contributed by atoms with Crippen LogP contribution in [0.3, 0.4) is 0 Å². The lowest BCUT2D eigenvalue weighted by Crippen LogP contribution is -2.41. The molecule has 2 rings (SSSR count). The maximum atomic E-state index is 13.7. The summed E-state index contributed by atoms with van der Waals surface area (Å²) in [6.45, 7) is 4.66. The lowest BCUT2D eigenvalue weighted by atomic mass is 10.2. The van der Waals surface area contributed by atoms with Gasteiger partial charge in [-0.3, -0.25) is 0 Å². The summed E-state index contributed by atoms with van der Waals surface area (Å²) >= 11 is 0. The van der Waals surface area contributed by atoms with Crippen LogP contribution in [0.2, 0.25) is 0 Å². The SMILES string of the molecule is CCNC(=NCc1cc(F)ccc1F)NCCNS(=O)(=O)c1ccc(C)cc1.I. The van der Waals surface area contributed by atoms with Gasteiger partial charge in [0.1, 0.15) is 11.6 Å². The molecule has 0 atom stereocenters. The highest BCUT2D eigenvalue weighted by Crippen LogP contribution is 2.11. The van der Waals surface area contributed by atoms with E-state index in [1.807, 2.05) is 13.8 Å². The monoisotopic (exact) mass is 538 g/mol.